The monoisotopic (exact) mass is 381 g/mol. The number of hydrogen-bond acceptors (Lipinski definition) is 4. The number of ether oxygens (including phenoxy) is 2. The van der Waals surface area contributed by atoms with E-state index in [9.17, 15) is 0 Å². The van der Waals surface area contributed by atoms with Crippen LogP contribution in [0.5, 0.6) is 5.88 Å². The molecule has 5 heteroatoms. The summed E-state index contributed by atoms with van der Waals surface area (Å²) in [7, 11) is 3.41. The molecule has 28 heavy (non-hydrogen) atoms. The topological polar surface area (TPSA) is 49.2 Å². The van der Waals surface area contributed by atoms with Crippen molar-refractivity contribution in [2.75, 3.05) is 20.8 Å². The third kappa shape index (κ3) is 3.63. The van der Waals surface area contributed by atoms with Crippen molar-refractivity contribution in [3.8, 4) is 17.1 Å². The molecule has 0 aliphatic rings. The Labute approximate surface area is 167 Å². The second kappa shape index (κ2) is 8.31. The molecule has 3 rings (SSSR count). The van der Waals surface area contributed by atoms with E-state index in [1.54, 1.807) is 14.2 Å². The second-order valence-electron chi connectivity index (χ2n) is 7.69. The number of aromatic nitrogens is 3. The lowest BCUT2D eigenvalue weighted by Gasteiger charge is -2.16. The van der Waals surface area contributed by atoms with E-state index >= 15 is 0 Å². The Morgan fingerprint density at radius 2 is 1.86 bits per heavy atom. The highest BCUT2D eigenvalue weighted by atomic mass is 16.5. The van der Waals surface area contributed by atoms with E-state index < -0.39 is 0 Å². The molecule has 0 amide bonds. The molecule has 0 aliphatic heterocycles. The predicted molar refractivity (Wildman–Crippen MR) is 114 cm³/mol. The van der Waals surface area contributed by atoms with Crippen LogP contribution in [-0.4, -0.2) is 35.4 Å². The van der Waals surface area contributed by atoms with Crippen LogP contribution in [0.3, 0.4) is 0 Å². The van der Waals surface area contributed by atoms with Gasteiger partial charge in [0.15, 0.2) is 0 Å². The lowest BCUT2D eigenvalue weighted by Crippen LogP contribution is -2.10. The first-order chi connectivity index (χ1) is 13.4. The Kier molecular flexibility index (Phi) is 6.04. The molecule has 3 aromatic heterocycles. The molecule has 0 N–H and O–H groups in total. The molecule has 0 spiro atoms. The highest BCUT2D eigenvalue weighted by molar-refractivity contribution is 5.85. The fraction of sp³-hybridized carbons (Fsp3) is 0.478. The van der Waals surface area contributed by atoms with Gasteiger partial charge in [0.05, 0.1) is 42.0 Å². The second-order valence-corrected chi connectivity index (χ2v) is 7.69. The van der Waals surface area contributed by atoms with Crippen molar-refractivity contribution in [2.45, 2.75) is 53.0 Å². The summed E-state index contributed by atoms with van der Waals surface area (Å²) in [6, 6.07) is 6.67. The van der Waals surface area contributed by atoms with E-state index in [0.717, 1.165) is 40.0 Å². The van der Waals surface area contributed by atoms with Crippen LogP contribution in [0.4, 0.5) is 0 Å². The molecule has 0 bridgehead atoms. The summed E-state index contributed by atoms with van der Waals surface area (Å²) in [5, 5.41) is 0. The number of fused-ring (bicyclic) bond motifs is 1. The summed E-state index contributed by atoms with van der Waals surface area (Å²) in [6.07, 6.45) is 3.05. The Morgan fingerprint density at radius 1 is 1.11 bits per heavy atom. The molecule has 0 unspecified atom stereocenters. The predicted octanol–water partition coefficient (Wildman–Crippen LogP) is 5.31. The van der Waals surface area contributed by atoms with Gasteiger partial charge in [-0.3, -0.25) is 0 Å². The first-order valence-electron chi connectivity index (χ1n) is 9.96. The van der Waals surface area contributed by atoms with Gasteiger partial charge in [0.1, 0.15) is 0 Å². The zero-order valence-corrected chi connectivity index (χ0v) is 18.0. The van der Waals surface area contributed by atoms with Crippen LogP contribution in [0.25, 0.3) is 22.3 Å². The van der Waals surface area contributed by atoms with Gasteiger partial charge in [-0.2, -0.15) is 0 Å². The molecule has 0 saturated heterocycles. The van der Waals surface area contributed by atoms with E-state index in [1.807, 2.05) is 0 Å². The van der Waals surface area contributed by atoms with Crippen molar-refractivity contribution in [1.29, 1.82) is 0 Å². The van der Waals surface area contributed by atoms with Crippen LogP contribution in [0.2, 0.25) is 0 Å². The summed E-state index contributed by atoms with van der Waals surface area (Å²) in [5.41, 5.74) is 7.44. The molecule has 0 aromatic carbocycles. The minimum absolute atomic E-state index is 0.250. The standard InChI is InChI=1S/C23H31N3O2/c1-8-17-11-20-21(15(4)12-26(20)16(5)13-27-6)25-22(17)18-9-10-19(14(2)3)24-23(18)28-7/h9-12,14,16H,8,13H2,1-7H3/t16-/m0/s1. The van der Waals surface area contributed by atoms with Gasteiger partial charge in [0, 0.05) is 19.0 Å². The third-order valence-electron chi connectivity index (χ3n) is 5.25. The van der Waals surface area contributed by atoms with Crippen LogP contribution in [0, 0.1) is 6.92 Å². The summed E-state index contributed by atoms with van der Waals surface area (Å²) in [6.45, 7) is 11.4. The van der Waals surface area contributed by atoms with E-state index in [-0.39, 0.29) is 6.04 Å². The Balaban J connectivity index is 2.21. The van der Waals surface area contributed by atoms with Crippen LogP contribution < -0.4 is 4.74 Å². The molecule has 3 heterocycles. The molecule has 0 aliphatic carbocycles. The number of rotatable bonds is 7. The fourth-order valence-corrected chi connectivity index (χ4v) is 3.67. The molecule has 3 aromatic rings. The maximum Gasteiger partial charge on any atom is 0.222 e. The van der Waals surface area contributed by atoms with Gasteiger partial charge in [-0.1, -0.05) is 20.8 Å². The molecule has 150 valence electrons. The average Bonchev–Trinajstić information content (AvgIpc) is 3.02. The van der Waals surface area contributed by atoms with Crippen molar-refractivity contribution < 1.29 is 9.47 Å². The maximum atomic E-state index is 5.63. The first-order valence-corrected chi connectivity index (χ1v) is 9.96. The van der Waals surface area contributed by atoms with Crippen molar-refractivity contribution in [3.05, 3.63) is 41.2 Å². The molecular formula is C23H31N3O2. The third-order valence-corrected chi connectivity index (χ3v) is 5.25. The summed E-state index contributed by atoms with van der Waals surface area (Å²) in [5.74, 6) is 0.986. The van der Waals surface area contributed by atoms with Gasteiger partial charge >= 0.3 is 0 Å². The van der Waals surface area contributed by atoms with Crippen LogP contribution in [0.1, 0.15) is 56.5 Å². The quantitative estimate of drug-likeness (QED) is 0.556. The largest absolute Gasteiger partial charge is 0.480 e. The maximum absolute atomic E-state index is 5.63. The summed E-state index contributed by atoms with van der Waals surface area (Å²) < 4.78 is 13.3. The Bertz CT molecular complexity index is 976. The van der Waals surface area contributed by atoms with Gasteiger partial charge in [0.25, 0.3) is 0 Å². The Morgan fingerprint density at radius 3 is 2.46 bits per heavy atom. The smallest absolute Gasteiger partial charge is 0.222 e. The lowest BCUT2D eigenvalue weighted by atomic mass is 10.0. The fourth-order valence-electron chi connectivity index (χ4n) is 3.67. The van der Waals surface area contributed by atoms with Crippen LogP contribution in [0.15, 0.2) is 24.4 Å². The zero-order chi connectivity index (χ0) is 20.4. The highest BCUT2D eigenvalue weighted by Crippen LogP contribution is 2.35. The van der Waals surface area contributed by atoms with Crippen molar-refractivity contribution in [3.63, 3.8) is 0 Å². The van der Waals surface area contributed by atoms with E-state index in [2.05, 4.69) is 63.6 Å². The lowest BCUT2D eigenvalue weighted by molar-refractivity contribution is 0.164. The highest BCUT2D eigenvalue weighted by Gasteiger charge is 2.19. The molecule has 1 atom stereocenters. The normalized spacial score (nSPS) is 12.7. The van der Waals surface area contributed by atoms with Gasteiger partial charge in [0.2, 0.25) is 5.88 Å². The SMILES string of the molecule is CCc1cc2c(nc1-c1ccc(C(C)C)nc1OC)c(C)cn2[C@@H](C)COC. The van der Waals surface area contributed by atoms with Crippen molar-refractivity contribution in [1.82, 2.24) is 14.5 Å². The van der Waals surface area contributed by atoms with Gasteiger partial charge < -0.3 is 14.0 Å². The van der Waals surface area contributed by atoms with E-state index in [4.69, 9.17) is 19.4 Å². The number of aryl methyl sites for hydroxylation is 2. The van der Waals surface area contributed by atoms with E-state index in [0.29, 0.717) is 18.4 Å². The average molecular weight is 382 g/mol. The number of hydrogen-bond donors (Lipinski definition) is 0. The molecule has 0 saturated carbocycles. The van der Waals surface area contributed by atoms with Gasteiger partial charge in [-0.05, 0) is 55.5 Å². The van der Waals surface area contributed by atoms with Crippen LogP contribution in [-0.2, 0) is 11.2 Å². The molecular weight excluding hydrogens is 350 g/mol. The summed E-state index contributed by atoms with van der Waals surface area (Å²) >= 11 is 0. The van der Waals surface area contributed by atoms with Crippen molar-refractivity contribution >= 4 is 11.0 Å². The first kappa shape index (κ1) is 20.3. The Hall–Kier alpha value is -2.40. The van der Waals surface area contributed by atoms with Crippen LogP contribution >= 0.6 is 0 Å². The number of pyridine rings is 2. The van der Waals surface area contributed by atoms with Crippen molar-refractivity contribution in [2.24, 2.45) is 0 Å². The zero-order valence-electron chi connectivity index (χ0n) is 18.0. The summed E-state index contributed by atoms with van der Waals surface area (Å²) in [4.78, 5) is 9.80. The molecule has 0 radical (unpaired) electrons. The minimum Gasteiger partial charge on any atom is -0.480 e. The number of nitrogens with zero attached hydrogens (tertiary/aromatic N) is 3. The van der Waals surface area contributed by atoms with Gasteiger partial charge in [-0.25, -0.2) is 9.97 Å². The molecule has 5 nitrogen and oxygen atoms in total. The number of methoxy groups -OCH3 is 2. The van der Waals surface area contributed by atoms with Gasteiger partial charge in [-0.15, -0.1) is 0 Å². The minimum atomic E-state index is 0.250. The molecule has 0 fully saturated rings. The van der Waals surface area contributed by atoms with E-state index in [1.165, 1.54) is 5.56 Å².